The minimum Gasteiger partial charge on any atom is -0.329 e. The van der Waals surface area contributed by atoms with Crippen molar-refractivity contribution in [1.82, 2.24) is 9.80 Å². The molecule has 0 saturated heterocycles. The lowest BCUT2D eigenvalue weighted by Gasteiger charge is -2.39. The summed E-state index contributed by atoms with van der Waals surface area (Å²) in [6.45, 7) is 5.36. The first-order chi connectivity index (χ1) is 7.54. The van der Waals surface area contributed by atoms with Gasteiger partial charge in [-0.3, -0.25) is 4.90 Å². The molecule has 1 saturated carbocycles. The van der Waals surface area contributed by atoms with Crippen LogP contribution in [0.5, 0.6) is 0 Å². The maximum atomic E-state index is 6.04. The normalized spacial score (nSPS) is 30.6. The smallest absolute Gasteiger partial charge is 0.0331 e. The largest absolute Gasteiger partial charge is 0.329 e. The third kappa shape index (κ3) is 3.19. The van der Waals surface area contributed by atoms with E-state index in [1.54, 1.807) is 0 Å². The van der Waals surface area contributed by atoms with E-state index in [4.69, 9.17) is 5.73 Å². The van der Waals surface area contributed by atoms with Crippen molar-refractivity contribution in [2.75, 3.05) is 40.8 Å². The number of hydrogen-bond acceptors (Lipinski definition) is 3. The van der Waals surface area contributed by atoms with E-state index >= 15 is 0 Å². The summed E-state index contributed by atoms with van der Waals surface area (Å²) < 4.78 is 0. The zero-order valence-corrected chi connectivity index (χ0v) is 11.5. The first kappa shape index (κ1) is 13.9. The molecule has 2 N–H and O–H groups in total. The van der Waals surface area contributed by atoms with Crippen molar-refractivity contribution in [3.63, 3.8) is 0 Å². The second-order valence-corrected chi connectivity index (χ2v) is 5.67. The van der Waals surface area contributed by atoms with Crippen LogP contribution in [0.2, 0.25) is 0 Å². The van der Waals surface area contributed by atoms with Gasteiger partial charge in [0.2, 0.25) is 0 Å². The molecule has 0 aromatic heterocycles. The minimum absolute atomic E-state index is 0.288. The van der Waals surface area contributed by atoms with Crippen LogP contribution in [0.3, 0.4) is 0 Å². The summed E-state index contributed by atoms with van der Waals surface area (Å²) in [5, 5.41) is 0. The zero-order chi connectivity index (χ0) is 12.2. The van der Waals surface area contributed by atoms with Gasteiger partial charge in [0, 0.05) is 25.2 Å². The lowest BCUT2D eigenvalue weighted by atomic mass is 9.93. The number of hydrogen-bond donors (Lipinski definition) is 1. The van der Waals surface area contributed by atoms with Gasteiger partial charge in [-0.2, -0.15) is 0 Å². The van der Waals surface area contributed by atoms with Crippen molar-refractivity contribution in [2.24, 2.45) is 11.7 Å². The Balaban J connectivity index is 2.52. The molecule has 0 spiro atoms. The van der Waals surface area contributed by atoms with E-state index in [0.717, 1.165) is 25.6 Å². The van der Waals surface area contributed by atoms with Crippen molar-refractivity contribution in [3.8, 4) is 0 Å². The highest BCUT2D eigenvalue weighted by Gasteiger charge is 2.40. The van der Waals surface area contributed by atoms with Gasteiger partial charge in [-0.05, 0) is 46.3 Å². The topological polar surface area (TPSA) is 32.5 Å². The molecular weight excluding hydrogens is 198 g/mol. The molecule has 0 radical (unpaired) electrons. The Bertz CT molecular complexity index is 205. The van der Waals surface area contributed by atoms with E-state index in [1.165, 1.54) is 25.7 Å². The van der Waals surface area contributed by atoms with E-state index < -0.39 is 0 Å². The molecule has 96 valence electrons. The number of rotatable bonds is 6. The Morgan fingerprint density at radius 3 is 2.38 bits per heavy atom. The molecule has 0 heterocycles. The second kappa shape index (κ2) is 5.99. The van der Waals surface area contributed by atoms with E-state index in [-0.39, 0.29) is 5.54 Å². The number of nitrogens with two attached hydrogens (primary N) is 1. The Morgan fingerprint density at radius 2 is 1.94 bits per heavy atom. The molecule has 2 atom stereocenters. The van der Waals surface area contributed by atoms with Crippen LogP contribution >= 0.6 is 0 Å². The van der Waals surface area contributed by atoms with Gasteiger partial charge in [0.05, 0.1) is 0 Å². The van der Waals surface area contributed by atoms with Crippen molar-refractivity contribution in [3.05, 3.63) is 0 Å². The van der Waals surface area contributed by atoms with Crippen LogP contribution in [0, 0.1) is 5.92 Å². The van der Waals surface area contributed by atoms with Gasteiger partial charge in [-0.15, -0.1) is 0 Å². The van der Waals surface area contributed by atoms with Crippen LogP contribution in [0.15, 0.2) is 0 Å². The van der Waals surface area contributed by atoms with E-state index in [2.05, 4.69) is 37.9 Å². The van der Waals surface area contributed by atoms with Crippen molar-refractivity contribution < 1.29 is 0 Å². The second-order valence-electron chi connectivity index (χ2n) is 5.67. The Kier molecular flexibility index (Phi) is 5.22. The molecular formula is C13H29N3. The summed E-state index contributed by atoms with van der Waals surface area (Å²) in [5.41, 5.74) is 6.33. The molecule has 16 heavy (non-hydrogen) atoms. The average molecular weight is 227 g/mol. The summed E-state index contributed by atoms with van der Waals surface area (Å²) in [7, 11) is 6.51. The number of nitrogens with zero attached hydrogens (tertiary/aromatic N) is 2. The van der Waals surface area contributed by atoms with Crippen LogP contribution in [0.4, 0.5) is 0 Å². The zero-order valence-electron chi connectivity index (χ0n) is 11.5. The van der Waals surface area contributed by atoms with Crippen LogP contribution in [-0.2, 0) is 0 Å². The molecule has 0 bridgehead atoms. The molecule has 0 amide bonds. The SMILES string of the molecule is CCC1CCC(CN)(N(C)CCN(C)C)C1. The van der Waals surface area contributed by atoms with Gasteiger partial charge in [0.25, 0.3) is 0 Å². The Morgan fingerprint density at radius 1 is 1.25 bits per heavy atom. The van der Waals surface area contributed by atoms with Gasteiger partial charge in [0.15, 0.2) is 0 Å². The van der Waals surface area contributed by atoms with Gasteiger partial charge >= 0.3 is 0 Å². The molecule has 0 aliphatic heterocycles. The molecule has 3 nitrogen and oxygen atoms in total. The fraction of sp³-hybridized carbons (Fsp3) is 1.00. The average Bonchev–Trinajstić information content (AvgIpc) is 2.70. The highest BCUT2D eigenvalue weighted by molar-refractivity contribution is 4.97. The standard InChI is InChI=1S/C13H29N3/c1-5-12-6-7-13(10-12,11-14)16(4)9-8-15(2)3/h12H,5-11,14H2,1-4H3. The quantitative estimate of drug-likeness (QED) is 0.744. The molecule has 3 heteroatoms. The first-order valence-corrected chi connectivity index (χ1v) is 6.60. The summed E-state index contributed by atoms with van der Waals surface area (Å²) in [6, 6.07) is 0. The number of likely N-dealkylation sites (N-methyl/N-ethyl adjacent to an activating group) is 2. The monoisotopic (exact) mass is 227 g/mol. The third-order valence-electron chi connectivity index (χ3n) is 4.34. The van der Waals surface area contributed by atoms with E-state index in [1.807, 2.05) is 0 Å². The van der Waals surface area contributed by atoms with Gasteiger partial charge in [-0.25, -0.2) is 0 Å². The summed E-state index contributed by atoms with van der Waals surface area (Å²) in [6.07, 6.45) is 5.25. The highest BCUT2D eigenvalue weighted by atomic mass is 15.2. The fourth-order valence-corrected chi connectivity index (χ4v) is 2.84. The lowest BCUT2D eigenvalue weighted by molar-refractivity contribution is 0.117. The maximum Gasteiger partial charge on any atom is 0.0331 e. The molecule has 2 unspecified atom stereocenters. The lowest BCUT2D eigenvalue weighted by Crippen LogP contribution is -2.52. The molecule has 0 aromatic rings. The van der Waals surface area contributed by atoms with E-state index in [9.17, 15) is 0 Å². The maximum absolute atomic E-state index is 6.04. The van der Waals surface area contributed by atoms with Crippen LogP contribution < -0.4 is 5.73 Å². The molecule has 1 fully saturated rings. The highest BCUT2D eigenvalue weighted by Crippen LogP contribution is 2.39. The van der Waals surface area contributed by atoms with Crippen LogP contribution in [-0.4, -0.2) is 56.1 Å². The Labute approximate surface area is 101 Å². The van der Waals surface area contributed by atoms with Gasteiger partial charge < -0.3 is 10.6 Å². The van der Waals surface area contributed by atoms with Crippen LogP contribution in [0.1, 0.15) is 32.6 Å². The summed E-state index contributed by atoms with van der Waals surface area (Å²) >= 11 is 0. The molecule has 0 aromatic carbocycles. The Hall–Kier alpha value is -0.120. The molecule has 1 aliphatic rings. The van der Waals surface area contributed by atoms with E-state index in [0.29, 0.717) is 0 Å². The molecule has 1 aliphatic carbocycles. The summed E-state index contributed by atoms with van der Waals surface area (Å²) in [5.74, 6) is 0.894. The van der Waals surface area contributed by atoms with Crippen molar-refractivity contribution in [2.45, 2.75) is 38.1 Å². The van der Waals surface area contributed by atoms with Crippen molar-refractivity contribution >= 4 is 0 Å². The van der Waals surface area contributed by atoms with Gasteiger partial charge in [0.1, 0.15) is 0 Å². The van der Waals surface area contributed by atoms with Crippen molar-refractivity contribution in [1.29, 1.82) is 0 Å². The molecule has 1 rings (SSSR count). The fourth-order valence-electron chi connectivity index (χ4n) is 2.84. The predicted octanol–water partition coefficient (Wildman–Crippen LogP) is 1.39. The summed E-state index contributed by atoms with van der Waals surface area (Å²) in [4.78, 5) is 4.75. The minimum atomic E-state index is 0.288. The van der Waals surface area contributed by atoms with Crippen LogP contribution in [0.25, 0.3) is 0 Å². The first-order valence-electron chi connectivity index (χ1n) is 6.60. The predicted molar refractivity (Wildman–Crippen MR) is 70.6 cm³/mol. The third-order valence-corrected chi connectivity index (χ3v) is 4.34. The van der Waals surface area contributed by atoms with Gasteiger partial charge in [-0.1, -0.05) is 13.3 Å².